The van der Waals surface area contributed by atoms with Crippen LogP contribution >= 0.6 is 0 Å². The Hall–Kier alpha value is -3.00. The number of ether oxygens (including phenoxy) is 1. The summed E-state index contributed by atoms with van der Waals surface area (Å²) >= 11 is 0. The maximum absolute atomic E-state index is 13.8. The monoisotopic (exact) mass is 500 g/mol. The summed E-state index contributed by atoms with van der Waals surface area (Å²) in [6, 6.07) is 7.47. The minimum absolute atomic E-state index is 0.0248. The number of urea groups is 1. The van der Waals surface area contributed by atoms with Gasteiger partial charge in [0.05, 0.1) is 12.1 Å². The zero-order valence-electron chi connectivity index (χ0n) is 21.7. The number of carbonyl (C=O) groups is 2. The largest absolute Gasteiger partial charge is 0.479 e. The number of rotatable bonds is 4. The molecule has 0 saturated carbocycles. The number of alkyl halides is 2. The molecule has 6 nitrogen and oxygen atoms in total. The van der Waals surface area contributed by atoms with Gasteiger partial charge in [-0.3, -0.25) is 0 Å². The molecule has 2 aromatic rings. The van der Waals surface area contributed by atoms with Crippen LogP contribution in [-0.4, -0.2) is 51.5 Å². The number of aryl methyl sites for hydroxylation is 1. The van der Waals surface area contributed by atoms with Crippen molar-refractivity contribution < 1.29 is 28.2 Å². The molecule has 0 spiro atoms. The number of likely N-dealkylation sites (tertiary alicyclic amines) is 1. The predicted octanol–water partition coefficient (Wildman–Crippen LogP) is 6.00. The van der Waals surface area contributed by atoms with Crippen LogP contribution in [0.3, 0.4) is 0 Å². The second-order valence-corrected chi connectivity index (χ2v) is 11.0. The van der Waals surface area contributed by atoms with Crippen LogP contribution in [0.1, 0.15) is 66.7 Å². The molecular weight excluding hydrogens is 466 g/mol. The number of aliphatic carboxylic acids is 1. The number of carboxylic acids is 1. The Morgan fingerprint density at radius 2 is 1.58 bits per heavy atom. The highest BCUT2D eigenvalue weighted by molar-refractivity contribution is 5.85. The van der Waals surface area contributed by atoms with E-state index in [0.29, 0.717) is 12.1 Å². The van der Waals surface area contributed by atoms with E-state index in [-0.39, 0.29) is 19.5 Å². The number of hydrogen-bond acceptors (Lipinski definition) is 3. The van der Waals surface area contributed by atoms with Gasteiger partial charge in [0.1, 0.15) is 0 Å². The first kappa shape index (κ1) is 26.1. The second kappa shape index (κ2) is 9.14. The number of amides is 2. The fourth-order valence-electron chi connectivity index (χ4n) is 5.26. The molecule has 0 bridgehead atoms. The number of carboxylic acid groups (broad SMARTS) is 1. The van der Waals surface area contributed by atoms with Gasteiger partial charge in [-0.2, -0.15) is 0 Å². The van der Waals surface area contributed by atoms with Crippen molar-refractivity contribution >= 4 is 12.0 Å². The predicted molar refractivity (Wildman–Crippen MR) is 133 cm³/mol. The van der Waals surface area contributed by atoms with Crippen molar-refractivity contribution in [1.82, 2.24) is 9.80 Å². The Morgan fingerprint density at radius 3 is 2.08 bits per heavy atom. The van der Waals surface area contributed by atoms with Gasteiger partial charge in [-0.1, -0.05) is 29.8 Å². The third-order valence-corrected chi connectivity index (χ3v) is 7.02. The first-order chi connectivity index (χ1) is 16.7. The van der Waals surface area contributed by atoms with Crippen LogP contribution in [0.5, 0.6) is 0 Å². The summed E-state index contributed by atoms with van der Waals surface area (Å²) in [5.41, 5.74) is 6.01. The SMILES string of the molecule is Cc1ccc(-c2c(C)c3c(c(C)c2C(OC(C)(C)C)C(=O)O)CN(C(=O)N2CCC(F)(F)C2)C3)cc1. The maximum atomic E-state index is 13.8. The number of halogens is 2. The molecule has 8 heteroatoms. The molecule has 1 unspecified atom stereocenters. The summed E-state index contributed by atoms with van der Waals surface area (Å²) in [4.78, 5) is 28.4. The molecule has 0 radical (unpaired) electrons. The topological polar surface area (TPSA) is 70.1 Å². The van der Waals surface area contributed by atoms with E-state index < -0.39 is 36.2 Å². The van der Waals surface area contributed by atoms with Crippen molar-refractivity contribution in [3.05, 3.63) is 57.6 Å². The van der Waals surface area contributed by atoms with E-state index in [2.05, 4.69) is 0 Å². The lowest BCUT2D eigenvalue weighted by atomic mass is 9.83. The lowest BCUT2D eigenvalue weighted by molar-refractivity contribution is -0.160. The lowest BCUT2D eigenvalue weighted by Gasteiger charge is -2.29. The van der Waals surface area contributed by atoms with E-state index in [1.165, 1.54) is 4.90 Å². The summed E-state index contributed by atoms with van der Waals surface area (Å²) in [7, 11) is 0. The normalized spacial score (nSPS) is 17.9. The van der Waals surface area contributed by atoms with Crippen molar-refractivity contribution in [1.29, 1.82) is 0 Å². The third-order valence-electron chi connectivity index (χ3n) is 7.02. The standard InChI is InChI=1S/C28H34F2N2O4/c1-16-7-9-19(10-8-16)22-17(2)20-13-32(26(35)31-12-11-28(29,30)15-31)14-21(20)18(3)23(22)24(25(33)34)36-27(4,5)6/h7-10,24H,11-15H2,1-6H3,(H,33,34). The van der Waals surface area contributed by atoms with Gasteiger partial charge in [-0.25, -0.2) is 18.4 Å². The van der Waals surface area contributed by atoms with Crippen LogP contribution < -0.4 is 0 Å². The van der Waals surface area contributed by atoms with Crippen molar-refractivity contribution in [3.8, 4) is 11.1 Å². The number of hydrogen-bond donors (Lipinski definition) is 1. The van der Waals surface area contributed by atoms with Crippen molar-refractivity contribution in [2.75, 3.05) is 13.1 Å². The van der Waals surface area contributed by atoms with Gasteiger partial charge in [-0.15, -0.1) is 0 Å². The van der Waals surface area contributed by atoms with Crippen LogP contribution in [0, 0.1) is 20.8 Å². The van der Waals surface area contributed by atoms with Gasteiger partial charge >= 0.3 is 12.0 Å². The van der Waals surface area contributed by atoms with Crippen LogP contribution in [0.15, 0.2) is 24.3 Å². The van der Waals surface area contributed by atoms with Crippen LogP contribution in [0.4, 0.5) is 13.6 Å². The molecule has 2 heterocycles. The minimum atomic E-state index is -2.86. The molecular formula is C28H34F2N2O4. The second-order valence-electron chi connectivity index (χ2n) is 11.0. The van der Waals surface area contributed by atoms with Gasteiger partial charge in [0.15, 0.2) is 6.10 Å². The molecule has 4 rings (SSSR count). The fraction of sp³-hybridized carbons (Fsp3) is 0.500. The molecule has 0 aromatic heterocycles. The van der Waals surface area contributed by atoms with Crippen LogP contribution in [0.25, 0.3) is 11.1 Å². The Bertz CT molecular complexity index is 1200. The Labute approximate surface area is 210 Å². The van der Waals surface area contributed by atoms with E-state index in [0.717, 1.165) is 38.9 Å². The molecule has 2 aliphatic heterocycles. The van der Waals surface area contributed by atoms with E-state index >= 15 is 0 Å². The number of carbonyl (C=O) groups excluding carboxylic acids is 1. The van der Waals surface area contributed by atoms with Gasteiger partial charge in [-0.05, 0) is 74.9 Å². The van der Waals surface area contributed by atoms with Gasteiger partial charge in [0.25, 0.3) is 5.92 Å². The van der Waals surface area contributed by atoms with Gasteiger partial charge in [0.2, 0.25) is 0 Å². The third kappa shape index (κ3) is 4.96. The molecule has 1 N–H and O–H groups in total. The smallest absolute Gasteiger partial charge is 0.337 e. The zero-order valence-corrected chi connectivity index (χ0v) is 21.7. The molecule has 2 aromatic carbocycles. The Kier molecular flexibility index (Phi) is 6.62. The van der Waals surface area contributed by atoms with E-state index in [9.17, 15) is 23.5 Å². The molecule has 36 heavy (non-hydrogen) atoms. The quantitative estimate of drug-likeness (QED) is 0.559. The number of fused-ring (bicyclic) bond motifs is 1. The molecule has 2 aliphatic rings. The van der Waals surface area contributed by atoms with E-state index in [4.69, 9.17) is 4.74 Å². The molecule has 2 amide bonds. The average molecular weight is 501 g/mol. The summed E-state index contributed by atoms with van der Waals surface area (Å²) in [6.07, 6.45) is -1.55. The van der Waals surface area contributed by atoms with Gasteiger partial charge < -0.3 is 19.6 Å². The fourth-order valence-corrected chi connectivity index (χ4v) is 5.26. The zero-order chi connectivity index (χ0) is 26.6. The first-order valence-electron chi connectivity index (χ1n) is 12.2. The summed E-state index contributed by atoms with van der Waals surface area (Å²) in [5.74, 6) is -3.95. The Morgan fingerprint density at radius 1 is 1.00 bits per heavy atom. The van der Waals surface area contributed by atoms with Crippen molar-refractivity contribution in [2.24, 2.45) is 0 Å². The number of benzene rings is 2. The summed E-state index contributed by atoms with van der Waals surface area (Å²) in [6.45, 7) is 11.2. The molecule has 1 atom stereocenters. The molecule has 1 saturated heterocycles. The maximum Gasteiger partial charge on any atom is 0.337 e. The molecule has 0 aliphatic carbocycles. The summed E-state index contributed by atoms with van der Waals surface area (Å²) < 4.78 is 33.6. The number of nitrogens with zero attached hydrogens (tertiary/aromatic N) is 2. The minimum Gasteiger partial charge on any atom is -0.479 e. The van der Waals surface area contributed by atoms with E-state index in [1.807, 2.05) is 65.8 Å². The van der Waals surface area contributed by atoms with Crippen molar-refractivity contribution in [2.45, 2.75) is 78.7 Å². The average Bonchev–Trinajstić information content (AvgIpc) is 3.38. The molecule has 194 valence electrons. The first-order valence-corrected chi connectivity index (χ1v) is 12.2. The van der Waals surface area contributed by atoms with E-state index in [1.54, 1.807) is 4.90 Å². The van der Waals surface area contributed by atoms with Gasteiger partial charge in [0, 0.05) is 31.6 Å². The highest BCUT2D eigenvalue weighted by atomic mass is 19.3. The van der Waals surface area contributed by atoms with Crippen molar-refractivity contribution in [3.63, 3.8) is 0 Å². The molecule has 1 fully saturated rings. The van der Waals surface area contributed by atoms with Crippen LogP contribution in [0.2, 0.25) is 0 Å². The van der Waals surface area contributed by atoms with Crippen LogP contribution in [-0.2, 0) is 22.6 Å². The highest BCUT2D eigenvalue weighted by Gasteiger charge is 2.43. The Balaban J connectivity index is 1.84. The highest BCUT2D eigenvalue weighted by Crippen LogP contribution is 2.44. The lowest BCUT2D eigenvalue weighted by Crippen LogP contribution is -2.40. The summed E-state index contributed by atoms with van der Waals surface area (Å²) in [5, 5.41) is 10.2.